The average Bonchev–Trinajstić information content (AvgIpc) is 3.27. The minimum atomic E-state index is -0.322. The van der Waals surface area contributed by atoms with Crippen LogP contribution < -0.4 is 10.2 Å². The molecule has 0 aliphatic carbocycles. The van der Waals surface area contributed by atoms with Crippen LogP contribution in [0.3, 0.4) is 0 Å². The van der Waals surface area contributed by atoms with E-state index in [4.69, 9.17) is 4.42 Å². The summed E-state index contributed by atoms with van der Waals surface area (Å²) in [6.45, 7) is 7.67. The number of likely N-dealkylation sites (N-methyl/N-ethyl adjacent to an activating group) is 1. The number of halogens is 1. The molecule has 1 aliphatic heterocycles. The first-order valence-corrected chi connectivity index (χ1v) is 10.5. The number of pyridine rings is 1. The maximum absolute atomic E-state index is 13.1. The number of amides is 1. The Kier molecular flexibility index (Phi) is 6.57. The van der Waals surface area contributed by atoms with Gasteiger partial charge in [0.15, 0.2) is 0 Å². The van der Waals surface area contributed by atoms with Crippen LogP contribution in [0.4, 0.5) is 10.2 Å². The summed E-state index contributed by atoms with van der Waals surface area (Å²) < 4.78 is 18.5. The molecule has 0 radical (unpaired) electrons. The van der Waals surface area contributed by atoms with E-state index < -0.39 is 0 Å². The zero-order valence-corrected chi connectivity index (χ0v) is 17.6. The van der Waals surface area contributed by atoms with E-state index in [1.165, 1.54) is 18.4 Å². The van der Waals surface area contributed by atoms with Crippen molar-refractivity contribution in [3.05, 3.63) is 65.9 Å². The number of hydrogen-bond acceptors (Lipinski definition) is 6. The van der Waals surface area contributed by atoms with Crippen LogP contribution in [0.15, 0.2) is 53.3 Å². The van der Waals surface area contributed by atoms with Crippen LogP contribution in [0.5, 0.6) is 0 Å². The highest BCUT2D eigenvalue weighted by molar-refractivity contribution is 5.78. The number of carbonyl (C=O) groups is 1. The van der Waals surface area contributed by atoms with Gasteiger partial charge in [-0.25, -0.2) is 14.4 Å². The largest absolute Gasteiger partial charge is 0.444 e. The molecule has 0 spiro atoms. The summed E-state index contributed by atoms with van der Waals surface area (Å²) in [6, 6.07) is 9.82. The highest BCUT2D eigenvalue weighted by Crippen LogP contribution is 2.19. The van der Waals surface area contributed by atoms with Gasteiger partial charge in [0.25, 0.3) is 0 Å². The predicted octanol–water partition coefficient (Wildman–Crippen LogP) is 2.88. The second-order valence-electron chi connectivity index (χ2n) is 7.55. The number of benzene rings is 1. The number of hydrogen-bond donors (Lipinski definition) is 1. The van der Waals surface area contributed by atoms with Crippen LogP contribution in [-0.4, -0.2) is 53.5 Å². The summed E-state index contributed by atoms with van der Waals surface area (Å²) in [6.07, 6.45) is 3.36. The molecule has 3 aromatic rings. The molecule has 1 amide bonds. The number of oxazole rings is 1. The molecule has 7 nitrogen and oxygen atoms in total. The average molecular weight is 423 g/mol. The number of aromatic nitrogens is 2. The SMILES string of the molecule is CCN1CCN(c2cc(CNC(=O)Cc3coc(-c4ccc(F)cc4)n3)ccn2)CC1. The van der Waals surface area contributed by atoms with Gasteiger partial charge in [0, 0.05) is 44.5 Å². The second kappa shape index (κ2) is 9.70. The van der Waals surface area contributed by atoms with E-state index in [9.17, 15) is 9.18 Å². The van der Waals surface area contributed by atoms with Gasteiger partial charge in [-0.05, 0) is 48.5 Å². The highest BCUT2D eigenvalue weighted by Gasteiger charge is 2.17. The minimum absolute atomic E-state index is 0.113. The Hall–Kier alpha value is -3.26. The van der Waals surface area contributed by atoms with Crippen molar-refractivity contribution in [2.45, 2.75) is 19.9 Å². The third-order valence-electron chi connectivity index (χ3n) is 5.43. The minimum Gasteiger partial charge on any atom is -0.444 e. The summed E-state index contributed by atoms with van der Waals surface area (Å²) in [4.78, 5) is 25.9. The zero-order chi connectivity index (χ0) is 21.6. The topological polar surface area (TPSA) is 74.5 Å². The molecule has 0 bridgehead atoms. The highest BCUT2D eigenvalue weighted by atomic mass is 19.1. The van der Waals surface area contributed by atoms with Crippen molar-refractivity contribution >= 4 is 11.7 Å². The van der Waals surface area contributed by atoms with E-state index in [2.05, 4.69) is 32.0 Å². The van der Waals surface area contributed by atoms with Gasteiger partial charge in [-0.2, -0.15) is 0 Å². The molecule has 1 aliphatic rings. The number of carbonyl (C=O) groups excluding carboxylic acids is 1. The Morgan fingerprint density at radius 2 is 1.94 bits per heavy atom. The maximum atomic E-state index is 13.1. The summed E-state index contributed by atoms with van der Waals surface area (Å²) >= 11 is 0. The van der Waals surface area contributed by atoms with E-state index in [0.29, 0.717) is 23.7 Å². The predicted molar refractivity (Wildman–Crippen MR) is 116 cm³/mol. The molecular weight excluding hydrogens is 397 g/mol. The summed E-state index contributed by atoms with van der Waals surface area (Å²) in [7, 11) is 0. The molecule has 1 N–H and O–H groups in total. The Labute approximate surface area is 180 Å². The van der Waals surface area contributed by atoms with Crippen molar-refractivity contribution < 1.29 is 13.6 Å². The maximum Gasteiger partial charge on any atom is 0.226 e. The lowest BCUT2D eigenvalue weighted by Crippen LogP contribution is -2.46. The molecule has 3 heterocycles. The van der Waals surface area contributed by atoms with Gasteiger partial charge in [0.2, 0.25) is 11.8 Å². The summed E-state index contributed by atoms with van der Waals surface area (Å²) in [5.74, 6) is 0.846. The van der Waals surface area contributed by atoms with E-state index >= 15 is 0 Å². The van der Waals surface area contributed by atoms with Crippen molar-refractivity contribution in [1.82, 2.24) is 20.2 Å². The van der Waals surface area contributed by atoms with Gasteiger partial charge in [-0.3, -0.25) is 4.79 Å². The third kappa shape index (κ3) is 5.46. The number of rotatable bonds is 7. The van der Waals surface area contributed by atoms with Crippen molar-refractivity contribution in [3.63, 3.8) is 0 Å². The van der Waals surface area contributed by atoms with Crippen molar-refractivity contribution in [3.8, 4) is 11.5 Å². The lowest BCUT2D eigenvalue weighted by Gasteiger charge is -2.34. The molecule has 0 atom stereocenters. The molecule has 0 unspecified atom stereocenters. The Bertz CT molecular complexity index is 1010. The number of nitrogens with zero attached hydrogens (tertiary/aromatic N) is 4. The Morgan fingerprint density at radius 1 is 1.16 bits per heavy atom. The molecular formula is C23H26FN5O2. The van der Waals surface area contributed by atoms with Crippen LogP contribution in [0, 0.1) is 5.82 Å². The van der Waals surface area contributed by atoms with Gasteiger partial charge < -0.3 is 19.5 Å². The first kappa shape index (κ1) is 21.0. The summed E-state index contributed by atoms with van der Waals surface area (Å²) in [5.41, 5.74) is 2.20. The molecule has 8 heteroatoms. The van der Waals surface area contributed by atoms with Crippen LogP contribution in [0.2, 0.25) is 0 Å². The fourth-order valence-electron chi connectivity index (χ4n) is 3.58. The number of nitrogens with one attached hydrogen (secondary N) is 1. The van der Waals surface area contributed by atoms with E-state index in [1.807, 2.05) is 12.1 Å². The Balaban J connectivity index is 1.30. The van der Waals surface area contributed by atoms with E-state index in [1.54, 1.807) is 18.3 Å². The van der Waals surface area contributed by atoms with Crippen LogP contribution in [0.1, 0.15) is 18.2 Å². The van der Waals surface area contributed by atoms with Gasteiger partial charge in [0.05, 0.1) is 12.1 Å². The molecule has 4 rings (SSSR count). The zero-order valence-electron chi connectivity index (χ0n) is 17.6. The van der Waals surface area contributed by atoms with Gasteiger partial charge in [0.1, 0.15) is 17.9 Å². The standard InChI is InChI=1S/C23H26FN5O2/c1-2-28-9-11-29(12-10-28)21-13-17(7-8-25-21)15-26-22(30)14-20-16-31-23(27-20)18-3-5-19(24)6-4-18/h3-8,13,16H,2,9-12,14-15H2,1H3,(H,26,30). The van der Waals surface area contributed by atoms with Crippen LogP contribution >= 0.6 is 0 Å². The summed E-state index contributed by atoms with van der Waals surface area (Å²) in [5, 5.41) is 2.93. The van der Waals surface area contributed by atoms with Crippen molar-refractivity contribution in [2.75, 3.05) is 37.6 Å². The lowest BCUT2D eigenvalue weighted by atomic mass is 10.2. The van der Waals surface area contributed by atoms with Gasteiger partial charge >= 0.3 is 0 Å². The van der Waals surface area contributed by atoms with Gasteiger partial charge in [-0.15, -0.1) is 0 Å². The smallest absolute Gasteiger partial charge is 0.226 e. The monoisotopic (exact) mass is 423 g/mol. The molecule has 1 saturated heterocycles. The molecule has 31 heavy (non-hydrogen) atoms. The van der Waals surface area contributed by atoms with Crippen molar-refractivity contribution in [2.24, 2.45) is 0 Å². The number of anilines is 1. The van der Waals surface area contributed by atoms with Crippen LogP contribution in [0.25, 0.3) is 11.5 Å². The molecule has 1 aromatic carbocycles. The molecule has 1 fully saturated rings. The first-order valence-electron chi connectivity index (χ1n) is 10.5. The van der Waals surface area contributed by atoms with Crippen LogP contribution in [-0.2, 0) is 17.8 Å². The first-order chi connectivity index (χ1) is 15.1. The fraction of sp³-hybridized carbons (Fsp3) is 0.348. The third-order valence-corrected chi connectivity index (χ3v) is 5.43. The second-order valence-corrected chi connectivity index (χ2v) is 7.55. The quantitative estimate of drug-likeness (QED) is 0.630. The number of piperazine rings is 1. The Morgan fingerprint density at radius 3 is 2.68 bits per heavy atom. The molecule has 0 saturated carbocycles. The normalized spacial score (nSPS) is 14.6. The fourth-order valence-corrected chi connectivity index (χ4v) is 3.58. The van der Waals surface area contributed by atoms with Crippen molar-refractivity contribution in [1.29, 1.82) is 0 Å². The van der Waals surface area contributed by atoms with E-state index in [0.717, 1.165) is 44.1 Å². The van der Waals surface area contributed by atoms with Gasteiger partial charge in [-0.1, -0.05) is 6.92 Å². The molecule has 2 aromatic heterocycles. The van der Waals surface area contributed by atoms with E-state index in [-0.39, 0.29) is 18.1 Å². The lowest BCUT2D eigenvalue weighted by molar-refractivity contribution is -0.120. The molecule has 162 valence electrons.